The molecule has 0 unspecified atom stereocenters. The summed E-state index contributed by atoms with van der Waals surface area (Å²) in [7, 11) is 2.02. The minimum Gasteiger partial charge on any atom is -0.399 e. The fraction of sp³-hybridized carbons (Fsp3) is 0.357. The Morgan fingerprint density at radius 2 is 2.22 bits per heavy atom. The van der Waals surface area contributed by atoms with Crippen LogP contribution < -0.4 is 10.6 Å². The Morgan fingerprint density at radius 1 is 1.39 bits per heavy atom. The van der Waals surface area contributed by atoms with E-state index in [0.29, 0.717) is 0 Å². The summed E-state index contributed by atoms with van der Waals surface area (Å²) in [6.07, 6.45) is 4.89. The molecule has 1 aromatic carbocycles. The van der Waals surface area contributed by atoms with Gasteiger partial charge in [-0.15, -0.1) is 0 Å². The van der Waals surface area contributed by atoms with E-state index in [1.807, 2.05) is 42.2 Å². The van der Waals surface area contributed by atoms with E-state index in [2.05, 4.69) is 22.9 Å². The summed E-state index contributed by atoms with van der Waals surface area (Å²) in [6, 6.07) is 8.02. The molecule has 0 fully saturated rings. The largest absolute Gasteiger partial charge is 0.399 e. The van der Waals surface area contributed by atoms with Crippen molar-refractivity contribution in [1.29, 1.82) is 0 Å². The molecule has 0 amide bonds. The van der Waals surface area contributed by atoms with Gasteiger partial charge in [-0.3, -0.25) is 0 Å². The van der Waals surface area contributed by atoms with Crippen LogP contribution in [-0.4, -0.2) is 16.1 Å². The van der Waals surface area contributed by atoms with Crippen LogP contribution in [0.15, 0.2) is 36.7 Å². The summed E-state index contributed by atoms with van der Waals surface area (Å²) in [4.78, 5) is 6.68. The Morgan fingerprint density at radius 3 is 2.83 bits per heavy atom. The van der Waals surface area contributed by atoms with Gasteiger partial charge >= 0.3 is 0 Å². The van der Waals surface area contributed by atoms with E-state index in [0.717, 1.165) is 31.1 Å². The predicted octanol–water partition coefficient (Wildman–Crippen LogP) is 2.42. The summed E-state index contributed by atoms with van der Waals surface area (Å²) in [5.41, 5.74) is 7.84. The average molecular weight is 244 g/mol. The second kappa shape index (κ2) is 5.58. The fourth-order valence-corrected chi connectivity index (χ4v) is 2.09. The highest BCUT2D eigenvalue weighted by Crippen LogP contribution is 2.16. The van der Waals surface area contributed by atoms with Gasteiger partial charge in [0.1, 0.15) is 0 Å². The Labute approximate surface area is 108 Å². The lowest BCUT2D eigenvalue weighted by Gasteiger charge is -2.23. The minimum atomic E-state index is 0.809. The molecule has 1 heterocycles. The zero-order valence-electron chi connectivity index (χ0n) is 11.0. The normalized spacial score (nSPS) is 10.6. The van der Waals surface area contributed by atoms with Gasteiger partial charge in [-0.2, -0.15) is 0 Å². The number of nitrogens with zero attached hydrogens (tertiary/aromatic N) is 3. The maximum atomic E-state index is 5.82. The number of anilines is 2. The Kier molecular flexibility index (Phi) is 3.87. The van der Waals surface area contributed by atoms with Crippen LogP contribution in [0.25, 0.3) is 0 Å². The number of nitrogens with two attached hydrogens (primary N) is 1. The van der Waals surface area contributed by atoms with Gasteiger partial charge in [0.25, 0.3) is 0 Å². The molecule has 2 rings (SSSR count). The molecule has 0 saturated carbocycles. The molecule has 2 aromatic rings. The van der Waals surface area contributed by atoms with E-state index in [-0.39, 0.29) is 0 Å². The van der Waals surface area contributed by atoms with Crippen molar-refractivity contribution >= 4 is 11.6 Å². The third kappa shape index (κ3) is 2.83. The quantitative estimate of drug-likeness (QED) is 0.822. The van der Waals surface area contributed by atoms with Gasteiger partial charge in [0.2, 0.25) is 5.95 Å². The van der Waals surface area contributed by atoms with Gasteiger partial charge in [-0.1, -0.05) is 19.1 Å². The van der Waals surface area contributed by atoms with Crippen molar-refractivity contribution in [3.8, 4) is 0 Å². The van der Waals surface area contributed by atoms with Gasteiger partial charge in [0.15, 0.2) is 0 Å². The molecule has 0 saturated heterocycles. The topological polar surface area (TPSA) is 47.1 Å². The van der Waals surface area contributed by atoms with Crippen molar-refractivity contribution < 1.29 is 0 Å². The summed E-state index contributed by atoms with van der Waals surface area (Å²) in [5.74, 6) is 0.999. The van der Waals surface area contributed by atoms with Gasteiger partial charge in [0.05, 0.1) is 0 Å². The maximum Gasteiger partial charge on any atom is 0.205 e. The Hall–Kier alpha value is -1.97. The van der Waals surface area contributed by atoms with Crippen molar-refractivity contribution in [1.82, 2.24) is 9.55 Å². The van der Waals surface area contributed by atoms with Crippen LogP contribution in [0.5, 0.6) is 0 Å². The van der Waals surface area contributed by atoms with Crippen LogP contribution in [0.3, 0.4) is 0 Å². The molecule has 2 N–H and O–H groups in total. The van der Waals surface area contributed by atoms with Gasteiger partial charge < -0.3 is 15.2 Å². The number of hydrogen-bond donors (Lipinski definition) is 1. The molecule has 4 nitrogen and oxygen atoms in total. The van der Waals surface area contributed by atoms with Crippen LogP contribution in [-0.2, 0) is 13.6 Å². The van der Waals surface area contributed by atoms with Crippen molar-refractivity contribution in [2.75, 3.05) is 17.2 Å². The monoisotopic (exact) mass is 244 g/mol. The molecule has 0 radical (unpaired) electrons. The minimum absolute atomic E-state index is 0.809. The predicted molar refractivity (Wildman–Crippen MR) is 75.4 cm³/mol. The number of nitrogen functional groups attached to an aromatic ring is 1. The van der Waals surface area contributed by atoms with E-state index in [1.54, 1.807) is 0 Å². The molecule has 0 bridgehead atoms. The molecule has 0 spiro atoms. The SMILES string of the molecule is CCCN(Cc1cccc(N)c1)c1nccn1C. The number of aromatic nitrogens is 2. The zero-order chi connectivity index (χ0) is 13.0. The standard InChI is InChI=1S/C14H20N4/c1-3-8-18(14-16-7-9-17(14)2)11-12-5-4-6-13(15)10-12/h4-7,9-10H,3,8,11,15H2,1-2H3. The molecule has 96 valence electrons. The first-order chi connectivity index (χ1) is 8.70. The van der Waals surface area contributed by atoms with Crippen LogP contribution in [0.1, 0.15) is 18.9 Å². The summed E-state index contributed by atoms with van der Waals surface area (Å²) in [5, 5.41) is 0. The first-order valence-electron chi connectivity index (χ1n) is 6.27. The number of imidazole rings is 1. The lowest BCUT2D eigenvalue weighted by Crippen LogP contribution is -2.26. The van der Waals surface area contributed by atoms with Crippen LogP contribution in [0.2, 0.25) is 0 Å². The van der Waals surface area contributed by atoms with Gasteiger partial charge in [-0.25, -0.2) is 4.98 Å². The first-order valence-corrected chi connectivity index (χ1v) is 6.27. The lowest BCUT2D eigenvalue weighted by atomic mass is 10.2. The molecular formula is C14H20N4. The van der Waals surface area contributed by atoms with E-state index < -0.39 is 0 Å². The smallest absolute Gasteiger partial charge is 0.205 e. The number of aryl methyl sites for hydroxylation is 1. The molecule has 0 aliphatic heterocycles. The highest BCUT2D eigenvalue weighted by atomic mass is 15.3. The fourth-order valence-electron chi connectivity index (χ4n) is 2.09. The zero-order valence-corrected chi connectivity index (χ0v) is 11.0. The summed E-state index contributed by atoms with van der Waals surface area (Å²) in [6.45, 7) is 4.00. The van der Waals surface area contributed by atoms with Crippen molar-refractivity contribution in [3.05, 3.63) is 42.2 Å². The second-order valence-corrected chi connectivity index (χ2v) is 4.50. The van der Waals surface area contributed by atoms with Crippen molar-refractivity contribution in [3.63, 3.8) is 0 Å². The number of hydrogen-bond acceptors (Lipinski definition) is 3. The van der Waals surface area contributed by atoms with E-state index in [1.165, 1.54) is 5.56 Å². The van der Waals surface area contributed by atoms with Crippen molar-refractivity contribution in [2.24, 2.45) is 7.05 Å². The molecular weight excluding hydrogens is 224 g/mol. The van der Waals surface area contributed by atoms with E-state index >= 15 is 0 Å². The summed E-state index contributed by atoms with van der Waals surface area (Å²) < 4.78 is 2.04. The van der Waals surface area contributed by atoms with Gasteiger partial charge in [0, 0.05) is 38.2 Å². The Bertz CT molecular complexity index is 504. The third-order valence-electron chi connectivity index (χ3n) is 2.90. The lowest BCUT2D eigenvalue weighted by molar-refractivity contribution is 0.715. The van der Waals surface area contributed by atoms with Crippen LogP contribution >= 0.6 is 0 Å². The maximum absolute atomic E-state index is 5.82. The van der Waals surface area contributed by atoms with E-state index in [9.17, 15) is 0 Å². The molecule has 1 aromatic heterocycles. The number of rotatable bonds is 5. The molecule has 0 aliphatic rings. The van der Waals surface area contributed by atoms with Gasteiger partial charge in [-0.05, 0) is 24.1 Å². The molecule has 18 heavy (non-hydrogen) atoms. The molecule has 0 aliphatic carbocycles. The average Bonchev–Trinajstić information content (AvgIpc) is 2.75. The highest BCUT2D eigenvalue weighted by Gasteiger charge is 2.10. The van der Waals surface area contributed by atoms with Crippen LogP contribution in [0.4, 0.5) is 11.6 Å². The third-order valence-corrected chi connectivity index (χ3v) is 2.90. The highest BCUT2D eigenvalue weighted by molar-refractivity contribution is 5.42. The number of benzene rings is 1. The second-order valence-electron chi connectivity index (χ2n) is 4.50. The van der Waals surface area contributed by atoms with Crippen molar-refractivity contribution in [2.45, 2.75) is 19.9 Å². The molecule has 0 atom stereocenters. The van der Waals surface area contributed by atoms with E-state index in [4.69, 9.17) is 5.73 Å². The summed E-state index contributed by atoms with van der Waals surface area (Å²) >= 11 is 0. The molecule has 4 heteroatoms. The Balaban J connectivity index is 2.19. The first kappa shape index (κ1) is 12.5. The van der Waals surface area contributed by atoms with Crippen LogP contribution in [0, 0.1) is 0 Å².